The fraction of sp³-hybridized carbons (Fsp3) is 0.355. The topological polar surface area (TPSA) is 83.4 Å². The number of hydrogen-bond acceptors (Lipinski definition) is 6. The van der Waals surface area contributed by atoms with E-state index in [0.717, 1.165) is 5.57 Å². The second kappa shape index (κ2) is 10.9. The summed E-state index contributed by atoms with van der Waals surface area (Å²) < 4.78 is 32.1. The molecule has 0 radical (unpaired) electrons. The molecule has 0 aliphatic carbocycles. The van der Waals surface area contributed by atoms with E-state index in [1.807, 2.05) is 51.8 Å². The smallest absolute Gasteiger partial charge is 0.355 e. The number of rotatable bonds is 5. The molecule has 10 heteroatoms. The average molecular weight is 561 g/mol. The Labute approximate surface area is 237 Å². The first kappa shape index (κ1) is 28.2. The molecule has 8 nitrogen and oxygen atoms in total. The quantitative estimate of drug-likeness (QED) is 0.455. The zero-order valence-electron chi connectivity index (χ0n) is 23.9. The van der Waals surface area contributed by atoms with E-state index >= 15 is 4.39 Å². The fourth-order valence-corrected chi connectivity index (χ4v) is 5.74. The fourth-order valence-electron chi connectivity index (χ4n) is 5.74. The van der Waals surface area contributed by atoms with Crippen LogP contribution in [0.4, 0.5) is 14.6 Å². The highest BCUT2D eigenvalue weighted by atomic mass is 19.1. The number of halogens is 2. The Kier molecular flexibility index (Phi) is 7.50. The molecule has 41 heavy (non-hydrogen) atoms. The lowest BCUT2D eigenvalue weighted by molar-refractivity contribution is -0.128. The predicted octanol–water partition coefficient (Wildman–Crippen LogP) is 4.72. The van der Waals surface area contributed by atoms with Gasteiger partial charge >= 0.3 is 5.69 Å². The third-order valence-corrected chi connectivity index (χ3v) is 7.86. The van der Waals surface area contributed by atoms with Crippen LogP contribution in [0, 0.1) is 17.6 Å². The molecule has 3 atom stereocenters. The van der Waals surface area contributed by atoms with Gasteiger partial charge in [-0.15, -0.1) is 0 Å². The first-order chi connectivity index (χ1) is 19.5. The maximum atomic E-state index is 15.8. The molecule has 1 unspecified atom stereocenters. The molecule has 0 spiro atoms. The van der Waals surface area contributed by atoms with Crippen molar-refractivity contribution in [2.24, 2.45) is 5.92 Å². The largest absolute Gasteiger partial charge is 0.382 e. The van der Waals surface area contributed by atoms with Crippen molar-refractivity contribution in [2.75, 3.05) is 18.0 Å². The van der Waals surface area contributed by atoms with Crippen LogP contribution < -0.4 is 15.9 Å². The number of pyridine rings is 1. The highest BCUT2D eigenvalue weighted by Crippen LogP contribution is 2.34. The Hall–Kier alpha value is -4.34. The Morgan fingerprint density at radius 2 is 1.85 bits per heavy atom. The van der Waals surface area contributed by atoms with Crippen molar-refractivity contribution in [1.29, 1.82) is 0 Å². The number of allylic oxidation sites excluding steroid dienone is 2. The number of fused-ring (bicyclic) bond motifs is 1. The van der Waals surface area contributed by atoms with Crippen LogP contribution in [0.5, 0.6) is 0 Å². The molecular weight excluding hydrogens is 526 g/mol. The summed E-state index contributed by atoms with van der Waals surface area (Å²) in [6, 6.07) is 6.43. The van der Waals surface area contributed by atoms with E-state index in [-0.39, 0.29) is 52.7 Å². The zero-order valence-corrected chi connectivity index (χ0v) is 23.9. The van der Waals surface area contributed by atoms with Crippen molar-refractivity contribution in [3.63, 3.8) is 0 Å². The van der Waals surface area contributed by atoms with E-state index in [1.165, 1.54) is 34.9 Å². The minimum absolute atomic E-state index is 0.00409. The zero-order chi connectivity index (χ0) is 29.6. The molecule has 2 aliphatic rings. The third-order valence-electron chi connectivity index (χ3n) is 7.86. The molecule has 214 valence electrons. The number of carbonyl (C=O) groups is 1. The Bertz CT molecular complexity index is 1660. The van der Waals surface area contributed by atoms with E-state index < -0.39 is 17.3 Å². The summed E-state index contributed by atoms with van der Waals surface area (Å²) in [5.74, 6) is -1.17. The maximum absolute atomic E-state index is 15.8. The van der Waals surface area contributed by atoms with Crippen LogP contribution in [-0.4, -0.2) is 56.6 Å². The number of nitrogens with one attached hydrogen (secondary N) is 1. The molecule has 2 aliphatic heterocycles. The van der Waals surface area contributed by atoms with Gasteiger partial charge in [-0.3, -0.25) is 4.79 Å². The van der Waals surface area contributed by atoms with Crippen molar-refractivity contribution >= 4 is 28.5 Å². The van der Waals surface area contributed by atoms with Crippen LogP contribution in [0.2, 0.25) is 0 Å². The summed E-state index contributed by atoms with van der Waals surface area (Å²) in [6.07, 6.45) is 4.98. The molecule has 1 amide bonds. The summed E-state index contributed by atoms with van der Waals surface area (Å²) in [4.78, 5) is 39.2. The number of carbonyl (C=O) groups excluding carboxylic acids is 1. The van der Waals surface area contributed by atoms with Crippen molar-refractivity contribution in [3.05, 3.63) is 83.0 Å². The summed E-state index contributed by atoms with van der Waals surface area (Å²) in [5.41, 5.74) is 0.891. The number of anilines is 1. The minimum atomic E-state index is -0.732. The van der Waals surface area contributed by atoms with Gasteiger partial charge in [0.05, 0.1) is 17.1 Å². The lowest BCUT2D eigenvalue weighted by Gasteiger charge is -2.44. The highest BCUT2D eigenvalue weighted by Gasteiger charge is 2.35. The van der Waals surface area contributed by atoms with E-state index in [4.69, 9.17) is 0 Å². The second-order valence-electron chi connectivity index (χ2n) is 11.1. The first-order valence-corrected chi connectivity index (χ1v) is 13.7. The molecule has 2 aromatic heterocycles. The monoisotopic (exact) mass is 560 g/mol. The molecule has 1 N–H and O–H groups in total. The standard InChI is InChI=1S/C31H34F2N6O2/c1-7-25(40)37-15-20(6)38(16-19(37)5)29-22-14-24(33)27(21-10-8-9-11-23(21)32)35-30(22)39(31(41)36-29)28-18(4)12-13-34-26(28)17(2)3/h7-14,17,19-20,26,34H,1,15-16H2,2-6H3/t19-,20+,26?/m1/s1. The molecular formula is C31H34F2N6O2. The molecule has 0 saturated carbocycles. The highest BCUT2D eigenvalue weighted by molar-refractivity contribution is 5.92. The number of piperazine rings is 1. The van der Waals surface area contributed by atoms with Gasteiger partial charge < -0.3 is 15.1 Å². The SMILES string of the molecule is C=CC(=O)N1C[C@H](C)N(c2nc(=O)n(C3=C(C)C=CNC3C(C)C)c3nc(-c4ccccc4F)c(F)cc23)C[C@H]1C. The van der Waals surface area contributed by atoms with Crippen LogP contribution in [0.15, 0.2) is 65.6 Å². The molecule has 3 aromatic rings. The van der Waals surface area contributed by atoms with Crippen LogP contribution in [0.1, 0.15) is 34.6 Å². The van der Waals surface area contributed by atoms with Gasteiger partial charge in [0.15, 0.2) is 5.65 Å². The molecule has 5 rings (SSSR count). The van der Waals surface area contributed by atoms with Crippen LogP contribution in [0.25, 0.3) is 28.0 Å². The molecule has 1 saturated heterocycles. The van der Waals surface area contributed by atoms with Gasteiger partial charge in [0.2, 0.25) is 5.91 Å². The molecule has 4 heterocycles. The van der Waals surface area contributed by atoms with Gasteiger partial charge in [-0.05, 0) is 68.8 Å². The maximum Gasteiger partial charge on any atom is 0.355 e. The lowest BCUT2D eigenvalue weighted by atomic mass is 9.95. The Morgan fingerprint density at radius 3 is 2.54 bits per heavy atom. The van der Waals surface area contributed by atoms with Crippen LogP contribution in [-0.2, 0) is 4.79 Å². The summed E-state index contributed by atoms with van der Waals surface area (Å²) in [6.45, 7) is 14.1. The molecule has 0 bridgehead atoms. The molecule has 1 fully saturated rings. The lowest BCUT2D eigenvalue weighted by Crippen LogP contribution is -2.58. The summed E-state index contributed by atoms with van der Waals surface area (Å²) in [5, 5.41) is 3.65. The number of dihydropyridines is 1. The van der Waals surface area contributed by atoms with E-state index in [2.05, 4.69) is 21.9 Å². The average Bonchev–Trinajstić information content (AvgIpc) is 2.94. The van der Waals surface area contributed by atoms with Gasteiger partial charge in [0, 0.05) is 30.7 Å². The minimum Gasteiger partial charge on any atom is -0.382 e. The van der Waals surface area contributed by atoms with Crippen molar-refractivity contribution in [1.82, 2.24) is 24.8 Å². The van der Waals surface area contributed by atoms with Crippen molar-refractivity contribution in [2.45, 2.75) is 52.7 Å². The molecule has 1 aromatic carbocycles. The Balaban J connectivity index is 1.80. The number of aromatic nitrogens is 3. The van der Waals surface area contributed by atoms with Gasteiger partial charge in [-0.2, -0.15) is 4.98 Å². The van der Waals surface area contributed by atoms with Gasteiger partial charge in [0.1, 0.15) is 23.1 Å². The van der Waals surface area contributed by atoms with Gasteiger partial charge in [0.25, 0.3) is 0 Å². The van der Waals surface area contributed by atoms with Gasteiger partial charge in [-0.25, -0.2) is 23.1 Å². The summed E-state index contributed by atoms with van der Waals surface area (Å²) in [7, 11) is 0. The second-order valence-corrected chi connectivity index (χ2v) is 11.1. The Morgan fingerprint density at radius 1 is 1.12 bits per heavy atom. The predicted molar refractivity (Wildman–Crippen MR) is 157 cm³/mol. The van der Waals surface area contributed by atoms with Gasteiger partial charge in [-0.1, -0.05) is 32.6 Å². The first-order valence-electron chi connectivity index (χ1n) is 13.7. The van der Waals surface area contributed by atoms with E-state index in [1.54, 1.807) is 11.0 Å². The van der Waals surface area contributed by atoms with Crippen LogP contribution in [0.3, 0.4) is 0 Å². The van der Waals surface area contributed by atoms with Crippen molar-refractivity contribution < 1.29 is 13.6 Å². The number of nitrogens with zero attached hydrogens (tertiary/aromatic N) is 5. The van der Waals surface area contributed by atoms with E-state index in [9.17, 15) is 14.0 Å². The third kappa shape index (κ3) is 4.92. The number of amides is 1. The summed E-state index contributed by atoms with van der Waals surface area (Å²) >= 11 is 0. The normalized spacial score (nSPS) is 21.0. The van der Waals surface area contributed by atoms with E-state index in [0.29, 0.717) is 24.2 Å². The number of hydrogen-bond donors (Lipinski definition) is 1. The number of benzene rings is 1. The van der Waals surface area contributed by atoms with Crippen LogP contribution >= 0.6 is 0 Å². The van der Waals surface area contributed by atoms with Crippen molar-refractivity contribution in [3.8, 4) is 11.3 Å².